The van der Waals surface area contributed by atoms with Crippen LogP contribution in [0.15, 0.2) is 60.3 Å². The first-order valence-electron chi connectivity index (χ1n) is 10.8. The maximum absolute atomic E-state index is 4.40. The minimum absolute atomic E-state index is 0.498. The molecule has 0 heteroatoms. The molecule has 0 heterocycles. The largest absolute Gasteiger partial charge is 0.0991 e. The lowest BCUT2D eigenvalue weighted by Gasteiger charge is -2.42. The van der Waals surface area contributed by atoms with Gasteiger partial charge in [0, 0.05) is 0 Å². The first kappa shape index (κ1) is 19.5. The fourth-order valence-electron chi connectivity index (χ4n) is 6.11. The van der Waals surface area contributed by atoms with E-state index in [4.69, 9.17) is 0 Å². The summed E-state index contributed by atoms with van der Waals surface area (Å²) < 4.78 is 0. The smallest absolute Gasteiger partial charge is 0.0143 e. The average molecular weight is 351 g/mol. The number of rotatable bonds is 4. The lowest BCUT2D eigenvalue weighted by Crippen LogP contribution is -2.33. The highest BCUT2D eigenvalue weighted by Gasteiger charge is 2.48. The Labute approximate surface area is 161 Å². The third-order valence-electron chi connectivity index (χ3n) is 7.68. The molecule has 3 saturated carbocycles. The Kier molecular flexibility index (Phi) is 6.10. The van der Waals surface area contributed by atoms with E-state index in [-0.39, 0.29) is 0 Å². The Morgan fingerprint density at radius 2 is 2.00 bits per heavy atom. The van der Waals surface area contributed by atoms with E-state index in [0.29, 0.717) is 11.3 Å². The lowest BCUT2D eigenvalue weighted by molar-refractivity contribution is 0.137. The van der Waals surface area contributed by atoms with Gasteiger partial charge in [-0.1, -0.05) is 69.9 Å². The van der Waals surface area contributed by atoms with Crippen LogP contribution in [0.1, 0.15) is 72.1 Å². The van der Waals surface area contributed by atoms with Crippen molar-refractivity contribution in [3.63, 3.8) is 0 Å². The normalized spacial score (nSPS) is 41.1. The first-order valence-corrected chi connectivity index (χ1v) is 10.8. The molecule has 0 aromatic carbocycles. The summed E-state index contributed by atoms with van der Waals surface area (Å²) in [6.07, 6.45) is 21.9. The SMILES string of the molecule is C=C/C=C/CC1CCC2/C(=C/C=C3/CC(C)CC(C)C3=C)CCCC12C. The minimum atomic E-state index is 0.498. The molecule has 5 atom stereocenters. The van der Waals surface area contributed by atoms with Gasteiger partial charge in [-0.2, -0.15) is 0 Å². The number of allylic oxidation sites excluding steroid dienone is 8. The molecule has 0 nitrogen and oxygen atoms in total. The summed E-state index contributed by atoms with van der Waals surface area (Å²) in [6, 6.07) is 0. The summed E-state index contributed by atoms with van der Waals surface area (Å²) in [5, 5.41) is 0. The molecule has 0 saturated heterocycles. The molecule has 3 fully saturated rings. The quantitative estimate of drug-likeness (QED) is 0.453. The zero-order chi connectivity index (χ0) is 18.7. The van der Waals surface area contributed by atoms with E-state index in [9.17, 15) is 0 Å². The summed E-state index contributed by atoms with van der Waals surface area (Å²) in [4.78, 5) is 0. The molecule has 142 valence electrons. The fourth-order valence-corrected chi connectivity index (χ4v) is 6.11. The molecule has 0 aliphatic heterocycles. The van der Waals surface area contributed by atoms with Crippen molar-refractivity contribution in [3.05, 3.63) is 60.3 Å². The maximum Gasteiger partial charge on any atom is -0.0143 e. The van der Waals surface area contributed by atoms with E-state index in [1.165, 1.54) is 62.5 Å². The predicted octanol–water partition coefficient (Wildman–Crippen LogP) is 7.81. The van der Waals surface area contributed by atoms with Crippen molar-refractivity contribution < 1.29 is 0 Å². The lowest BCUT2D eigenvalue weighted by atomic mass is 9.63. The molecule has 0 radical (unpaired) electrons. The van der Waals surface area contributed by atoms with Gasteiger partial charge in [0.05, 0.1) is 0 Å². The standard InChI is InChI=1S/C26H38/c1-6-7-8-11-24-14-15-25-22(10-9-16-26(24,25)5)12-13-23-18-19(2)17-20(3)21(23)4/h6-8,12-13,19-20,24-25H,1,4,9-11,14-18H2,2-3,5H3/b8-7+,22-12+,23-13-. The van der Waals surface area contributed by atoms with Crippen LogP contribution < -0.4 is 0 Å². The molecule has 0 N–H and O–H groups in total. The molecule has 3 aliphatic rings. The molecule has 0 amide bonds. The monoisotopic (exact) mass is 350 g/mol. The molecule has 0 aromatic heterocycles. The van der Waals surface area contributed by atoms with Crippen LogP contribution in [0.4, 0.5) is 0 Å². The Morgan fingerprint density at radius 3 is 2.77 bits per heavy atom. The van der Waals surface area contributed by atoms with Crippen molar-refractivity contribution in [2.24, 2.45) is 29.1 Å². The molecular formula is C26H38. The third kappa shape index (κ3) is 3.85. The topological polar surface area (TPSA) is 0 Å². The van der Waals surface area contributed by atoms with Gasteiger partial charge < -0.3 is 0 Å². The predicted molar refractivity (Wildman–Crippen MR) is 115 cm³/mol. The average Bonchev–Trinajstić information content (AvgIpc) is 2.94. The van der Waals surface area contributed by atoms with Crippen molar-refractivity contribution >= 4 is 0 Å². The summed E-state index contributed by atoms with van der Waals surface area (Å²) in [7, 11) is 0. The van der Waals surface area contributed by atoms with Crippen LogP contribution in [0.2, 0.25) is 0 Å². The molecule has 5 unspecified atom stereocenters. The summed E-state index contributed by atoms with van der Waals surface area (Å²) in [6.45, 7) is 15.5. The van der Waals surface area contributed by atoms with Gasteiger partial charge in [-0.25, -0.2) is 0 Å². The van der Waals surface area contributed by atoms with Crippen LogP contribution >= 0.6 is 0 Å². The van der Waals surface area contributed by atoms with Crippen LogP contribution in [0.3, 0.4) is 0 Å². The van der Waals surface area contributed by atoms with Crippen LogP contribution in [-0.2, 0) is 0 Å². The van der Waals surface area contributed by atoms with E-state index in [1.807, 2.05) is 6.08 Å². The van der Waals surface area contributed by atoms with Crippen molar-refractivity contribution in [2.45, 2.75) is 72.1 Å². The van der Waals surface area contributed by atoms with Crippen LogP contribution in [0.25, 0.3) is 0 Å². The second kappa shape index (κ2) is 8.15. The maximum atomic E-state index is 4.40. The van der Waals surface area contributed by atoms with Gasteiger partial charge in [-0.05, 0) is 91.6 Å². The van der Waals surface area contributed by atoms with Crippen LogP contribution in [-0.4, -0.2) is 0 Å². The molecule has 0 aromatic rings. The summed E-state index contributed by atoms with van der Waals surface area (Å²) in [5.74, 6) is 3.07. The Bertz CT molecular complexity index is 628. The number of fused-ring (bicyclic) bond motifs is 1. The second-order valence-electron chi connectivity index (χ2n) is 9.49. The molecule has 26 heavy (non-hydrogen) atoms. The number of hydrogen-bond acceptors (Lipinski definition) is 0. The minimum Gasteiger partial charge on any atom is -0.0991 e. The zero-order valence-corrected chi connectivity index (χ0v) is 17.3. The number of hydrogen-bond donors (Lipinski definition) is 0. The van der Waals surface area contributed by atoms with Gasteiger partial charge in [0.1, 0.15) is 0 Å². The Morgan fingerprint density at radius 1 is 1.19 bits per heavy atom. The molecular weight excluding hydrogens is 312 g/mol. The molecule has 0 bridgehead atoms. The highest BCUT2D eigenvalue weighted by atomic mass is 14.5. The van der Waals surface area contributed by atoms with E-state index < -0.39 is 0 Å². The Hall–Kier alpha value is -1.30. The van der Waals surface area contributed by atoms with Gasteiger partial charge in [0.2, 0.25) is 0 Å². The third-order valence-corrected chi connectivity index (χ3v) is 7.68. The highest BCUT2D eigenvalue weighted by molar-refractivity contribution is 5.37. The van der Waals surface area contributed by atoms with Crippen LogP contribution in [0, 0.1) is 29.1 Å². The van der Waals surface area contributed by atoms with Crippen molar-refractivity contribution in [3.8, 4) is 0 Å². The fraction of sp³-hybridized carbons (Fsp3) is 0.615. The molecule has 3 aliphatic carbocycles. The molecule has 0 spiro atoms. The van der Waals surface area contributed by atoms with E-state index in [1.54, 1.807) is 5.57 Å². The van der Waals surface area contributed by atoms with Gasteiger partial charge in [0.25, 0.3) is 0 Å². The van der Waals surface area contributed by atoms with E-state index >= 15 is 0 Å². The van der Waals surface area contributed by atoms with Crippen molar-refractivity contribution in [2.75, 3.05) is 0 Å². The second-order valence-corrected chi connectivity index (χ2v) is 9.49. The van der Waals surface area contributed by atoms with Crippen molar-refractivity contribution in [1.29, 1.82) is 0 Å². The van der Waals surface area contributed by atoms with Gasteiger partial charge in [0.15, 0.2) is 0 Å². The van der Waals surface area contributed by atoms with Crippen LogP contribution in [0.5, 0.6) is 0 Å². The zero-order valence-electron chi connectivity index (χ0n) is 17.3. The summed E-state index contributed by atoms with van der Waals surface area (Å²) >= 11 is 0. The highest BCUT2D eigenvalue weighted by Crippen LogP contribution is 2.58. The Balaban J connectivity index is 1.78. The van der Waals surface area contributed by atoms with E-state index in [0.717, 1.165) is 17.8 Å². The molecule has 3 rings (SSSR count). The van der Waals surface area contributed by atoms with Gasteiger partial charge >= 0.3 is 0 Å². The van der Waals surface area contributed by atoms with E-state index in [2.05, 4.69) is 58.2 Å². The van der Waals surface area contributed by atoms with Gasteiger partial charge in [-0.3, -0.25) is 0 Å². The summed E-state index contributed by atoms with van der Waals surface area (Å²) in [5.41, 5.74) is 5.12. The van der Waals surface area contributed by atoms with Crippen molar-refractivity contribution in [1.82, 2.24) is 0 Å². The van der Waals surface area contributed by atoms with Gasteiger partial charge in [-0.15, -0.1) is 0 Å². The first-order chi connectivity index (χ1) is 12.5.